The third-order valence-corrected chi connectivity index (χ3v) is 4.75. The molecule has 0 amide bonds. The zero-order chi connectivity index (χ0) is 14.3. The van der Waals surface area contributed by atoms with Crippen LogP contribution in [-0.2, 0) is 16.3 Å². The summed E-state index contributed by atoms with van der Waals surface area (Å²) in [6.07, 6.45) is 0.797. The Labute approximate surface area is 109 Å². The second-order valence-electron chi connectivity index (χ2n) is 4.67. The van der Waals surface area contributed by atoms with Crippen LogP contribution in [0.3, 0.4) is 0 Å². The lowest BCUT2D eigenvalue weighted by Crippen LogP contribution is -2.25. The maximum absolute atomic E-state index is 12.6. The number of benzene rings is 1. The summed E-state index contributed by atoms with van der Waals surface area (Å²) in [6.45, 7) is 0. The summed E-state index contributed by atoms with van der Waals surface area (Å²) in [6, 6.07) is 4.94. The molecule has 1 saturated carbocycles. The highest BCUT2D eigenvalue weighted by Crippen LogP contribution is 2.36. The Bertz CT molecular complexity index is 562. The molecule has 1 N–H and O–H groups in total. The minimum absolute atomic E-state index is 0.0132. The van der Waals surface area contributed by atoms with E-state index in [-0.39, 0.29) is 17.9 Å². The van der Waals surface area contributed by atoms with Crippen LogP contribution in [0.2, 0.25) is 0 Å². The molecule has 1 aliphatic carbocycles. The van der Waals surface area contributed by atoms with Gasteiger partial charge in [-0.25, -0.2) is 8.42 Å². The Morgan fingerprint density at radius 2 is 1.84 bits per heavy atom. The van der Waals surface area contributed by atoms with Gasteiger partial charge in [-0.3, -0.25) is 0 Å². The fourth-order valence-electron chi connectivity index (χ4n) is 1.93. The zero-order valence-electron chi connectivity index (χ0n) is 9.89. The van der Waals surface area contributed by atoms with Gasteiger partial charge in [0, 0.05) is 0 Å². The number of aliphatic hydroxyl groups excluding tert-OH is 1. The molecule has 0 aliphatic heterocycles. The third-order valence-electron chi connectivity index (χ3n) is 3.16. The van der Waals surface area contributed by atoms with Crippen molar-refractivity contribution in [3.8, 4) is 0 Å². The second-order valence-corrected chi connectivity index (χ2v) is 6.58. The fraction of sp³-hybridized carbons (Fsp3) is 0.500. The molecule has 1 aromatic rings. The Kier molecular flexibility index (Phi) is 3.61. The standard InChI is InChI=1S/C12H13F3O3S/c13-12(14,15)19(17,18)11-4-2-1-3-9(11)7-10(16)8-5-6-8/h1-4,8,10,16H,5-7H2. The molecule has 1 unspecified atom stereocenters. The van der Waals surface area contributed by atoms with E-state index in [1.807, 2.05) is 0 Å². The van der Waals surface area contributed by atoms with Gasteiger partial charge in [-0.15, -0.1) is 0 Å². The summed E-state index contributed by atoms with van der Waals surface area (Å²) in [4.78, 5) is -0.762. The van der Waals surface area contributed by atoms with E-state index >= 15 is 0 Å². The van der Waals surface area contributed by atoms with Crippen LogP contribution in [0.1, 0.15) is 18.4 Å². The largest absolute Gasteiger partial charge is 0.501 e. The highest BCUT2D eigenvalue weighted by atomic mass is 32.2. The predicted octanol–water partition coefficient (Wildman–Crippen LogP) is 2.29. The molecule has 0 aromatic heterocycles. The van der Waals surface area contributed by atoms with E-state index in [0.29, 0.717) is 0 Å². The van der Waals surface area contributed by atoms with Crippen LogP contribution in [0.5, 0.6) is 0 Å². The van der Waals surface area contributed by atoms with Crippen molar-refractivity contribution in [2.24, 2.45) is 5.92 Å². The topological polar surface area (TPSA) is 54.4 Å². The van der Waals surface area contributed by atoms with Crippen LogP contribution in [0.4, 0.5) is 13.2 Å². The SMILES string of the molecule is O=S(=O)(c1ccccc1CC(O)C1CC1)C(F)(F)F. The zero-order valence-corrected chi connectivity index (χ0v) is 10.7. The Morgan fingerprint density at radius 1 is 1.26 bits per heavy atom. The molecular formula is C12H13F3O3S. The van der Waals surface area contributed by atoms with Crippen molar-refractivity contribution >= 4 is 9.84 Å². The lowest BCUT2D eigenvalue weighted by atomic mass is 10.1. The van der Waals surface area contributed by atoms with Crippen molar-refractivity contribution in [3.05, 3.63) is 29.8 Å². The van der Waals surface area contributed by atoms with Gasteiger partial charge in [-0.1, -0.05) is 18.2 Å². The molecule has 0 radical (unpaired) electrons. The van der Waals surface area contributed by atoms with Crippen molar-refractivity contribution < 1.29 is 26.7 Å². The molecule has 1 atom stereocenters. The van der Waals surface area contributed by atoms with Gasteiger partial charge in [0.15, 0.2) is 0 Å². The minimum Gasteiger partial charge on any atom is -0.392 e. The molecule has 19 heavy (non-hydrogen) atoms. The number of hydrogen-bond donors (Lipinski definition) is 1. The maximum Gasteiger partial charge on any atom is 0.501 e. The maximum atomic E-state index is 12.6. The average Bonchev–Trinajstić information content (AvgIpc) is 3.11. The normalized spacial score (nSPS) is 18.3. The first-order chi connectivity index (χ1) is 8.73. The molecule has 0 bridgehead atoms. The third kappa shape index (κ3) is 2.92. The molecule has 1 fully saturated rings. The van der Waals surface area contributed by atoms with E-state index in [2.05, 4.69) is 0 Å². The van der Waals surface area contributed by atoms with Crippen molar-refractivity contribution in [1.82, 2.24) is 0 Å². The van der Waals surface area contributed by atoms with Gasteiger partial charge in [0.05, 0.1) is 11.0 Å². The quantitative estimate of drug-likeness (QED) is 0.927. The van der Waals surface area contributed by atoms with Crippen LogP contribution in [0.25, 0.3) is 0 Å². The van der Waals surface area contributed by atoms with Gasteiger partial charge in [0.25, 0.3) is 9.84 Å². The number of hydrogen-bond acceptors (Lipinski definition) is 3. The van der Waals surface area contributed by atoms with Crippen LogP contribution in [0, 0.1) is 5.92 Å². The van der Waals surface area contributed by atoms with E-state index in [1.165, 1.54) is 18.2 Å². The van der Waals surface area contributed by atoms with E-state index < -0.39 is 26.3 Å². The van der Waals surface area contributed by atoms with Crippen molar-refractivity contribution in [1.29, 1.82) is 0 Å². The van der Waals surface area contributed by atoms with Crippen molar-refractivity contribution in [2.75, 3.05) is 0 Å². The highest BCUT2D eigenvalue weighted by Gasteiger charge is 2.48. The molecule has 0 spiro atoms. The van der Waals surface area contributed by atoms with Gasteiger partial charge >= 0.3 is 5.51 Å². The fourth-order valence-corrected chi connectivity index (χ4v) is 2.94. The van der Waals surface area contributed by atoms with Crippen LogP contribution in [-0.4, -0.2) is 25.1 Å². The molecule has 2 rings (SSSR count). The van der Waals surface area contributed by atoms with Crippen LogP contribution >= 0.6 is 0 Å². The van der Waals surface area contributed by atoms with E-state index in [1.54, 1.807) is 0 Å². The summed E-state index contributed by atoms with van der Waals surface area (Å²) < 4.78 is 60.5. The molecule has 7 heteroatoms. The molecule has 1 aromatic carbocycles. The average molecular weight is 294 g/mol. The van der Waals surface area contributed by atoms with Gasteiger partial charge in [-0.05, 0) is 36.8 Å². The number of rotatable bonds is 4. The number of aliphatic hydroxyl groups is 1. The van der Waals surface area contributed by atoms with Crippen molar-refractivity contribution in [2.45, 2.75) is 35.8 Å². The first-order valence-electron chi connectivity index (χ1n) is 5.81. The Hall–Kier alpha value is -1.08. The van der Waals surface area contributed by atoms with Gasteiger partial charge in [0.2, 0.25) is 0 Å². The van der Waals surface area contributed by atoms with E-state index in [9.17, 15) is 26.7 Å². The second kappa shape index (κ2) is 4.79. The van der Waals surface area contributed by atoms with Gasteiger partial charge < -0.3 is 5.11 Å². The molecule has 1 aliphatic rings. The van der Waals surface area contributed by atoms with Gasteiger partial charge in [0.1, 0.15) is 0 Å². The predicted molar refractivity (Wildman–Crippen MR) is 62.1 cm³/mol. The smallest absolute Gasteiger partial charge is 0.392 e. The van der Waals surface area contributed by atoms with Gasteiger partial charge in [-0.2, -0.15) is 13.2 Å². The molecule has 0 heterocycles. The first kappa shape index (κ1) is 14.3. The number of sulfone groups is 1. The van der Waals surface area contributed by atoms with Crippen molar-refractivity contribution in [3.63, 3.8) is 0 Å². The molecule has 3 nitrogen and oxygen atoms in total. The summed E-state index contributed by atoms with van der Waals surface area (Å²) in [5, 5.41) is 9.76. The Morgan fingerprint density at radius 3 is 2.37 bits per heavy atom. The molecule has 106 valence electrons. The van der Waals surface area contributed by atoms with Crippen LogP contribution < -0.4 is 0 Å². The first-order valence-corrected chi connectivity index (χ1v) is 7.29. The lowest BCUT2D eigenvalue weighted by Gasteiger charge is -2.15. The summed E-state index contributed by atoms with van der Waals surface area (Å²) in [5.74, 6) is 0.0710. The minimum atomic E-state index is -5.37. The summed E-state index contributed by atoms with van der Waals surface area (Å²) in [7, 11) is -5.37. The van der Waals surface area contributed by atoms with Crippen LogP contribution in [0.15, 0.2) is 29.2 Å². The molecule has 0 saturated heterocycles. The lowest BCUT2D eigenvalue weighted by molar-refractivity contribution is -0.0436. The monoisotopic (exact) mass is 294 g/mol. The summed E-state index contributed by atoms with van der Waals surface area (Å²) in [5.41, 5.74) is -5.31. The number of halogens is 3. The Balaban J connectivity index is 2.36. The number of alkyl halides is 3. The molecular weight excluding hydrogens is 281 g/mol. The van der Waals surface area contributed by atoms with E-state index in [4.69, 9.17) is 0 Å². The highest BCUT2D eigenvalue weighted by molar-refractivity contribution is 7.92. The van der Waals surface area contributed by atoms with E-state index in [0.717, 1.165) is 18.9 Å². The summed E-state index contributed by atoms with van der Waals surface area (Å²) >= 11 is 0.